The first kappa shape index (κ1) is 7.25. The van der Waals surface area contributed by atoms with Gasteiger partial charge >= 0.3 is 0 Å². The molecular formula is C10H6O. The minimum Gasteiger partial charge on any atom is -0.408 e. The van der Waals surface area contributed by atoms with Crippen LogP contribution >= 0.6 is 0 Å². The second kappa shape index (κ2) is 3.34. The summed E-state index contributed by atoms with van der Waals surface area (Å²) in [5, 5.41) is 0. The molecule has 1 heteroatoms. The number of hydrogen-bond donors (Lipinski definition) is 0. The Morgan fingerprint density at radius 3 is 2.73 bits per heavy atom. The van der Waals surface area contributed by atoms with E-state index in [0.717, 1.165) is 5.56 Å². The summed E-state index contributed by atoms with van der Waals surface area (Å²) < 4.78 is 4.78. The third-order valence-electron chi connectivity index (χ3n) is 1.18. The Labute approximate surface area is 66.0 Å². The van der Waals surface area contributed by atoms with Gasteiger partial charge in [0.25, 0.3) is 0 Å². The molecular weight excluding hydrogens is 136 g/mol. The Kier molecular flexibility index (Phi) is 2.20. The summed E-state index contributed by atoms with van der Waals surface area (Å²) in [6, 6.07) is 7.06. The zero-order chi connectivity index (χ0) is 8.10. The third kappa shape index (κ3) is 1.78. The van der Waals surface area contributed by atoms with Crippen LogP contribution in [0, 0.1) is 24.9 Å². The summed E-state index contributed by atoms with van der Waals surface area (Å²) in [5.41, 5.74) is 0.762. The van der Waals surface area contributed by atoms with Gasteiger partial charge < -0.3 is 4.74 Å². The van der Waals surface area contributed by atoms with Gasteiger partial charge in [-0.05, 0) is 18.2 Å². The fourth-order valence-corrected chi connectivity index (χ4v) is 0.717. The van der Waals surface area contributed by atoms with E-state index in [9.17, 15) is 0 Å². The topological polar surface area (TPSA) is 9.23 Å². The van der Waals surface area contributed by atoms with Crippen LogP contribution in [-0.2, 0) is 0 Å². The first-order valence-electron chi connectivity index (χ1n) is 3.06. The Morgan fingerprint density at radius 2 is 2.09 bits per heavy atom. The van der Waals surface area contributed by atoms with Crippen molar-refractivity contribution in [3.05, 3.63) is 29.8 Å². The Balaban J connectivity index is 2.96. The van der Waals surface area contributed by atoms with Crippen LogP contribution in [0.25, 0.3) is 0 Å². The molecule has 0 N–H and O–H groups in total. The largest absolute Gasteiger partial charge is 0.408 e. The van der Waals surface area contributed by atoms with Gasteiger partial charge in [0.1, 0.15) is 11.9 Å². The number of hydrogen-bond acceptors (Lipinski definition) is 1. The zero-order valence-corrected chi connectivity index (χ0v) is 5.87. The molecule has 0 aromatic heterocycles. The van der Waals surface area contributed by atoms with E-state index in [-0.39, 0.29) is 0 Å². The highest BCUT2D eigenvalue weighted by molar-refractivity contribution is 5.38. The van der Waals surface area contributed by atoms with Crippen molar-refractivity contribution in [2.45, 2.75) is 0 Å². The lowest BCUT2D eigenvalue weighted by molar-refractivity contribution is 0.520. The molecule has 11 heavy (non-hydrogen) atoms. The molecule has 0 radical (unpaired) electrons. The highest BCUT2D eigenvalue weighted by Crippen LogP contribution is 2.11. The molecule has 0 saturated carbocycles. The summed E-state index contributed by atoms with van der Waals surface area (Å²) in [7, 11) is 0. The lowest BCUT2D eigenvalue weighted by Crippen LogP contribution is -1.81. The predicted octanol–water partition coefficient (Wildman–Crippen LogP) is 1.64. The fourth-order valence-electron chi connectivity index (χ4n) is 0.717. The Bertz CT molecular complexity index is 325. The fraction of sp³-hybridized carbons (Fsp3) is 0. The molecule has 0 atom stereocenters. The van der Waals surface area contributed by atoms with Crippen LogP contribution in [0.15, 0.2) is 24.3 Å². The average molecular weight is 142 g/mol. The lowest BCUT2D eigenvalue weighted by Gasteiger charge is -1.95. The molecule has 0 spiro atoms. The van der Waals surface area contributed by atoms with E-state index in [2.05, 4.69) is 12.0 Å². The van der Waals surface area contributed by atoms with Gasteiger partial charge in [-0.1, -0.05) is 18.4 Å². The lowest BCUT2D eigenvalue weighted by atomic mass is 10.2. The molecule has 0 unspecified atom stereocenters. The van der Waals surface area contributed by atoms with Crippen LogP contribution < -0.4 is 4.74 Å². The van der Waals surface area contributed by atoms with Gasteiger partial charge in [-0.3, -0.25) is 0 Å². The summed E-state index contributed by atoms with van der Waals surface area (Å²) in [6.07, 6.45) is 12.2. The van der Waals surface area contributed by atoms with E-state index in [1.54, 1.807) is 18.2 Å². The van der Waals surface area contributed by atoms with Crippen molar-refractivity contribution >= 4 is 0 Å². The van der Waals surface area contributed by atoms with E-state index in [0.29, 0.717) is 5.75 Å². The van der Waals surface area contributed by atoms with Gasteiger partial charge in [0.15, 0.2) is 0 Å². The summed E-state index contributed by atoms with van der Waals surface area (Å²) in [6.45, 7) is 0. The van der Waals surface area contributed by atoms with Crippen LogP contribution in [0.1, 0.15) is 5.56 Å². The normalized spacial score (nSPS) is 7.82. The molecule has 52 valence electrons. The van der Waals surface area contributed by atoms with Gasteiger partial charge in [-0.25, -0.2) is 0 Å². The van der Waals surface area contributed by atoms with Crippen LogP contribution in [-0.4, -0.2) is 0 Å². The first-order valence-corrected chi connectivity index (χ1v) is 3.06. The van der Waals surface area contributed by atoms with Crippen molar-refractivity contribution in [3.8, 4) is 30.6 Å². The van der Waals surface area contributed by atoms with Crippen molar-refractivity contribution in [1.82, 2.24) is 0 Å². The minimum atomic E-state index is 0.600. The summed E-state index contributed by atoms with van der Waals surface area (Å²) >= 11 is 0. The molecule has 0 fully saturated rings. The second-order valence-corrected chi connectivity index (χ2v) is 1.89. The average Bonchev–Trinajstić information content (AvgIpc) is 2.06. The highest BCUT2D eigenvalue weighted by atomic mass is 16.5. The summed E-state index contributed by atoms with van der Waals surface area (Å²) in [4.78, 5) is 0. The first-order chi connectivity index (χ1) is 5.36. The van der Waals surface area contributed by atoms with Crippen LogP contribution in [0.3, 0.4) is 0 Å². The number of benzene rings is 1. The quantitative estimate of drug-likeness (QED) is 0.541. The second-order valence-electron chi connectivity index (χ2n) is 1.89. The van der Waals surface area contributed by atoms with Crippen LogP contribution in [0.2, 0.25) is 0 Å². The SMILES string of the molecule is C#COc1cccc(C#C)c1. The molecule has 1 aromatic rings. The zero-order valence-electron chi connectivity index (χ0n) is 5.87. The van der Waals surface area contributed by atoms with E-state index in [4.69, 9.17) is 17.6 Å². The van der Waals surface area contributed by atoms with E-state index in [1.165, 1.54) is 0 Å². The standard InChI is InChI=1S/C10H6O/c1-3-9-6-5-7-10(8-9)11-4-2/h1-2,5-8H. The van der Waals surface area contributed by atoms with Gasteiger partial charge in [0, 0.05) is 5.56 Å². The number of rotatable bonds is 1. The van der Waals surface area contributed by atoms with Gasteiger partial charge in [-0.15, -0.1) is 6.42 Å². The van der Waals surface area contributed by atoms with Crippen LogP contribution in [0.5, 0.6) is 5.75 Å². The van der Waals surface area contributed by atoms with Gasteiger partial charge in [0.2, 0.25) is 0 Å². The molecule has 0 aliphatic rings. The van der Waals surface area contributed by atoms with Crippen molar-refractivity contribution in [2.75, 3.05) is 0 Å². The predicted molar refractivity (Wildman–Crippen MR) is 43.8 cm³/mol. The molecule has 0 aliphatic carbocycles. The molecule has 0 aliphatic heterocycles. The smallest absolute Gasteiger partial charge is 0.141 e. The van der Waals surface area contributed by atoms with E-state index < -0.39 is 0 Å². The van der Waals surface area contributed by atoms with E-state index in [1.807, 2.05) is 6.07 Å². The number of terminal acetylenes is 2. The van der Waals surface area contributed by atoms with Crippen molar-refractivity contribution in [1.29, 1.82) is 0 Å². The van der Waals surface area contributed by atoms with Gasteiger partial charge in [0.05, 0.1) is 0 Å². The molecule has 0 amide bonds. The molecule has 1 rings (SSSR count). The summed E-state index contributed by atoms with van der Waals surface area (Å²) in [5.74, 6) is 3.08. The maximum Gasteiger partial charge on any atom is 0.141 e. The molecule has 1 aromatic carbocycles. The van der Waals surface area contributed by atoms with E-state index >= 15 is 0 Å². The minimum absolute atomic E-state index is 0.600. The van der Waals surface area contributed by atoms with Crippen molar-refractivity contribution < 1.29 is 4.74 Å². The highest BCUT2D eigenvalue weighted by Gasteiger charge is 1.90. The molecule has 0 bridgehead atoms. The maximum atomic E-state index is 5.16. The third-order valence-corrected chi connectivity index (χ3v) is 1.18. The molecule has 0 heterocycles. The maximum absolute atomic E-state index is 5.16. The molecule has 1 nitrogen and oxygen atoms in total. The van der Waals surface area contributed by atoms with Gasteiger partial charge in [-0.2, -0.15) is 0 Å². The van der Waals surface area contributed by atoms with Crippen molar-refractivity contribution in [3.63, 3.8) is 0 Å². The molecule has 0 saturated heterocycles. The van der Waals surface area contributed by atoms with Crippen LogP contribution in [0.4, 0.5) is 0 Å². The van der Waals surface area contributed by atoms with Crippen molar-refractivity contribution in [2.24, 2.45) is 0 Å². The monoisotopic (exact) mass is 142 g/mol. The Hall–Kier alpha value is -1.86. The number of ether oxygens (including phenoxy) is 1. The Morgan fingerprint density at radius 1 is 1.27 bits per heavy atom.